The van der Waals surface area contributed by atoms with E-state index in [1.165, 1.54) is 6.26 Å². The number of nitriles is 1. The second-order valence-corrected chi connectivity index (χ2v) is 7.36. The van der Waals surface area contributed by atoms with Crippen LogP contribution < -0.4 is 0 Å². The van der Waals surface area contributed by atoms with Crippen LogP contribution in [0.4, 0.5) is 0 Å². The minimum Gasteiger partial charge on any atom is -0.305 e. The fourth-order valence-corrected chi connectivity index (χ4v) is 3.44. The van der Waals surface area contributed by atoms with Crippen LogP contribution in [0.3, 0.4) is 0 Å². The summed E-state index contributed by atoms with van der Waals surface area (Å²) >= 11 is 0. The van der Waals surface area contributed by atoms with E-state index in [2.05, 4.69) is 11.0 Å². The molecule has 5 nitrogen and oxygen atoms in total. The molecule has 18 heavy (non-hydrogen) atoms. The van der Waals surface area contributed by atoms with Gasteiger partial charge in [-0.05, 0) is 32.7 Å². The SMILES string of the molecule is CC(C#N)CN(C)CC1CCCN(S(C)(=O)=O)C1. The molecular weight excluding hydrogens is 250 g/mol. The van der Waals surface area contributed by atoms with Crippen molar-refractivity contribution in [1.29, 1.82) is 5.26 Å². The first-order valence-corrected chi connectivity index (χ1v) is 8.21. The molecule has 2 atom stereocenters. The molecule has 2 unspecified atom stereocenters. The van der Waals surface area contributed by atoms with Gasteiger partial charge in [0.1, 0.15) is 0 Å². The molecular formula is C12H23N3O2S. The van der Waals surface area contributed by atoms with Gasteiger partial charge in [-0.15, -0.1) is 0 Å². The molecule has 1 saturated heterocycles. The smallest absolute Gasteiger partial charge is 0.211 e. The molecule has 1 rings (SSSR count). The highest BCUT2D eigenvalue weighted by Gasteiger charge is 2.26. The number of hydrogen-bond donors (Lipinski definition) is 0. The lowest BCUT2D eigenvalue weighted by Crippen LogP contribution is -2.43. The molecule has 0 aromatic heterocycles. The first kappa shape index (κ1) is 15.4. The largest absolute Gasteiger partial charge is 0.305 e. The zero-order chi connectivity index (χ0) is 13.8. The molecule has 104 valence electrons. The van der Waals surface area contributed by atoms with Crippen LogP contribution in [-0.4, -0.2) is 57.1 Å². The average Bonchev–Trinajstić information content (AvgIpc) is 2.27. The molecule has 1 heterocycles. The van der Waals surface area contributed by atoms with Crippen molar-refractivity contribution in [3.63, 3.8) is 0 Å². The maximum atomic E-state index is 11.5. The summed E-state index contributed by atoms with van der Waals surface area (Å²) in [4.78, 5) is 2.13. The summed E-state index contributed by atoms with van der Waals surface area (Å²) in [6.45, 7) is 4.77. The van der Waals surface area contributed by atoms with Gasteiger partial charge in [-0.2, -0.15) is 5.26 Å². The summed E-state index contributed by atoms with van der Waals surface area (Å²) in [5.74, 6) is 0.397. The lowest BCUT2D eigenvalue weighted by molar-refractivity contribution is 0.194. The molecule has 0 N–H and O–H groups in total. The van der Waals surface area contributed by atoms with E-state index in [9.17, 15) is 8.42 Å². The zero-order valence-electron chi connectivity index (χ0n) is 11.5. The molecule has 0 amide bonds. The van der Waals surface area contributed by atoms with Gasteiger partial charge in [-0.1, -0.05) is 0 Å². The van der Waals surface area contributed by atoms with E-state index in [1.807, 2.05) is 14.0 Å². The van der Waals surface area contributed by atoms with Gasteiger partial charge in [0.15, 0.2) is 0 Å². The molecule has 0 spiro atoms. The van der Waals surface area contributed by atoms with Crippen molar-refractivity contribution in [1.82, 2.24) is 9.21 Å². The van der Waals surface area contributed by atoms with Crippen LogP contribution in [0.15, 0.2) is 0 Å². The Kier molecular flexibility index (Phi) is 5.57. The van der Waals surface area contributed by atoms with Crippen LogP contribution in [0.25, 0.3) is 0 Å². The number of nitrogens with zero attached hydrogens (tertiary/aromatic N) is 3. The zero-order valence-corrected chi connectivity index (χ0v) is 12.3. The topological polar surface area (TPSA) is 64.4 Å². The van der Waals surface area contributed by atoms with Crippen molar-refractivity contribution in [3.8, 4) is 6.07 Å². The molecule has 0 aliphatic carbocycles. The predicted molar refractivity (Wildman–Crippen MR) is 71.4 cm³/mol. The first-order chi connectivity index (χ1) is 8.32. The summed E-state index contributed by atoms with van der Waals surface area (Å²) in [5.41, 5.74) is 0. The van der Waals surface area contributed by atoms with Crippen LogP contribution >= 0.6 is 0 Å². The summed E-state index contributed by atoms with van der Waals surface area (Å²) in [7, 11) is -1.07. The van der Waals surface area contributed by atoms with Crippen molar-refractivity contribution >= 4 is 10.0 Å². The van der Waals surface area contributed by atoms with Gasteiger partial charge in [0.2, 0.25) is 10.0 Å². The third-order valence-corrected chi connectivity index (χ3v) is 4.60. The third kappa shape index (κ3) is 4.92. The number of rotatable bonds is 5. The van der Waals surface area contributed by atoms with Crippen LogP contribution in [0.2, 0.25) is 0 Å². The van der Waals surface area contributed by atoms with Gasteiger partial charge in [0, 0.05) is 26.2 Å². The van der Waals surface area contributed by atoms with E-state index in [-0.39, 0.29) is 5.92 Å². The Morgan fingerprint density at radius 2 is 2.22 bits per heavy atom. The standard InChI is InChI=1S/C12H23N3O2S/c1-11(7-13)8-14(2)9-12-5-4-6-15(10-12)18(3,16)17/h11-12H,4-6,8-10H2,1-3H3. The van der Waals surface area contributed by atoms with Crippen molar-refractivity contribution < 1.29 is 8.42 Å². The molecule has 6 heteroatoms. The molecule has 0 radical (unpaired) electrons. The number of piperidine rings is 1. The van der Waals surface area contributed by atoms with Crippen molar-refractivity contribution in [2.45, 2.75) is 19.8 Å². The maximum absolute atomic E-state index is 11.5. The van der Waals surface area contributed by atoms with Gasteiger partial charge >= 0.3 is 0 Å². The van der Waals surface area contributed by atoms with E-state index in [4.69, 9.17) is 5.26 Å². The van der Waals surface area contributed by atoms with Gasteiger partial charge in [-0.3, -0.25) is 0 Å². The average molecular weight is 273 g/mol. The monoisotopic (exact) mass is 273 g/mol. The lowest BCUT2D eigenvalue weighted by Gasteiger charge is -2.33. The van der Waals surface area contributed by atoms with E-state index in [0.29, 0.717) is 19.0 Å². The highest BCUT2D eigenvalue weighted by atomic mass is 32.2. The minimum absolute atomic E-state index is 0.0181. The van der Waals surface area contributed by atoms with Crippen molar-refractivity contribution in [3.05, 3.63) is 0 Å². The fourth-order valence-electron chi connectivity index (χ4n) is 2.50. The summed E-state index contributed by atoms with van der Waals surface area (Å²) in [6, 6.07) is 2.22. The Morgan fingerprint density at radius 1 is 1.56 bits per heavy atom. The van der Waals surface area contributed by atoms with E-state index < -0.39 is 10.0 Å². The Balaban J connectivity index is 2.46. The van der Waals surface area contributed by atoms with Crippen LogP contribution in [0.1, 0.15) is 19.8 Å². The summed E-state index contributed by atoms with van der Waals surface area (Å²) in [6.07, 6.45) is 3.27. The maximum Gasteiger partial charge on any atom is 0.211 e. The van der Waals surface area contributed by atoms with Gasteiger partial charge in [0.05, 0.1) is 18.2 Å². The number of sulfonamides is 1. The molecule has 1 fully saturated rings. The van der Waals surface area contributed by atoms with E-state index >= 15 is 0 Å². The number of hydrogen-bond acceptors (Lipinski definition) is 4. The molecule has 0 aromatic rings. The van der Waals surface area contributed by atoms with Crippen molar-refractivity contribution in [2.24, 2.45) is 11.8 Å². The second-order valence-electron chi connectivity index (χ2n) is 5.38. The van der Waals surface area contributed by atoms with Crippen LogP contribution in [0.5, 0.6) is 0 Å². The molecule has 0 aromatic carbocycles. The van der Waals surface area contributed by atoms with E-state index in [0.717, 1.165) is 25.9 Å². The molecule has 1 aliphatic heterocycles. The van der Waals surface area contributed by atoms with Gasteiger partial charge in [-0.25, -0.2) is 12.7 Å². The molecule has 1 aliphatic rings. The van der Waals surface area contributed by atoms with Crippen molar-refractivity contribution in [2.75, 3.05) is 39.5 Å². The Bertz CT molecular complexity index is 402. The third-order valence-electron chi connectivity index (χ3n) is 3.33. The molecule has 0 bridgehead atoms. The molecule has 0 saturated carbocycles. The Hall–Kier alpha value is -0.640. The summed E-state index contributed by atoms with van der Waals surface area (Å²) in [5, 5.41) is 8.77. The van der Waals surface area contributed by atoms with E-state index in [1.54, 1.807) is 4.31 Å². The lowest BCUT2D eigenvalue weighted by atomic mass is 9.99. The minimum atomic E-state index is -3.06. The summed E-state index contributed by atoms with van der Waals surface area (Å²) < 4.78 is 24.6. The van der Waals surface area contributed by atoms with Gasteiger partial charge in [0.25, 0.3) is 0 Å². The highest BCUT2D eigenvalue weighted by Crippen LogP contribution is 2.19. The highest BCUT2D eigenvalue weighted by molar-refractivity contribution is 7.88. The first-order valence-electron chi connectivity index (χ1n) is 6.36. The quantitative estimate of drug-likeness (QED) is 0.741. The fraction of sp³-hybridized carbons (Fsp3) is 0.917. The Labute approximate surface area is 110 Å². The second kappa shape index (κ2) is 6.50. The van der Waals surface area contributed by atoms with Gasteiger partial charge < -0.3 is 4.90 Å². The normalized spacial score (nSPS) is 23.8. The van der Waals surface area contributed by atoms with Crippen LogP contribution in [0, 0.1) is 23.2 Å². The predicted octanol–water partition coefficient (Wildman–Crippen LogP) is 0.749. The van der Waals surface area contributed by atoms with Crippen LogP contribution in [-0.2, 0) is 10.0 Å². The Morgan fingerprint density at radius 3 is 2.78 bits per heavy atom.